The van der Waals surface area contributed by atoms with Crippen LogP contribution in [0.4, 0.5) is 11.4 Å². The van der Waals surface area contributed by atoms with Crippen molar-refractivity contribution in [1.82, 2.24) is 10.1 Å². The van der Waals surface area contributed by atoms with E-state index in [1.807, 2.05) is 24.3 Å². The highest BCUT2D eigenvalue weighted by molar-refractivity contribution is 6.31. The summed E-state index contributed by atoms with van der Waals surface area (Å²) in [5, 5.41) is 9.86. The molecule has 0 fully saturated rings. The van der Waals surface area contributed by atoms with Gasteiger partial charge in [-0.2, -0.15) is 4.98 Å². The summed E-state index contributed by atoms with van der Waals surface area (Å²) in [5.41, 5.74) is 1.75. The van der Waals surface area contributed by atoms with E-state index in [1.54, 1.807) is 25.3 Å². The third kappa shape index (κ3) is 5.81. The van der Waals surface area contributed by atoms with Gasteiger partial charge in [0.2, 0.25) is 23.5 Å². The first-order chi connectivity index (χ1) is 14.4. The van der Waals surface area contributed by atoms with E-state index in [1.165, 1.54) is 6.92 Å². The van der Waals surface area contributed by atoms with E-state index in [9.17, 15) is 9.59 Å². The number of amides is 2. The van der Waals surface area contributed by atoms with Crippen molar-refractivity contribution >= 4 is 34.8 Å². The van der Waals surface area contributed by atoms with Gasteiger partial charge in [-0.15, -0.1) is 0 Å². The van der Waals surface area contributed by atoms with Crippen molar-refractivity contribution in [3.05, 3.63) is 53.4 Å². The molecule has 0 bridgehead atoms. The Bertz CT molecular complexity index is 1030. The molecule has 1 aromatic heterocycles. The topological polar surface area (TPSA) is 106 Å². The molecule has 2 N–H and O–H groups in total. The Morgan fingerprint density at radius 1 is 1.10 bits per heavy atom. The molecule has 2 aromatic carbocycles. The first-order valence-electron chi connectivity index (χ1n) is 9.28. The van der Waals surface area contributed by atoms with Crippen molar-refractivity contribution in [1.29, 1.82) is 0 Å². The molecule has 0 saturated carbocycles. The molecule has 0 spiro atoms. The molecule has 0 atom stereocenters. The van der Waals surface area contributed by atoms with Gasteiger partial charge < -0.3 is 19.9 Å². The first kappa shape index (κ1) is 21.3. The van der Waals surface area contributed by atoms with Gasteiger partial charge in [0.25, 0.3) is 0 Å². The number of hydrogen-bond donors (Lipinski definition) is 2. The number of hydrogen-bond acceptors (Lipinski definition) is 6. The van der Waals surface area contributed by atoms with Crippen molar-refractivity contribution in [3.8, 4) is 17.1 Å². The second-order valence-corrected chi connectivity index (χ2v) is 6.95. The van der Waals surface area contributed by atoms with Gasteiger partial charge >= 0.3 is 0 Å². The number of aryl methyl sites for hydroxylation is 1. The second kappa shape index (κ2) is 9.89. The summed E-state index contributed by atoms with van der Waals surface area (Å²) in [6, 6.07) is 12.2. The third-order valence-corrected chi connectivity index (χ3v) is 4.41. The molecule has 156 valence electrons. The lowest BCUT2D eigenvalue weighted by atomic mass is 10.2. The van der Waals surface area contributed by atoms with Crippen LogP contribution in [0.25, 0.3) is 11.4 Å². The largest absolute Gasteiger partial charge is 0.497 e. The zero-order valence-electron chi connectivity index (χ0n) is 16.6. The molecule has 9 heteroatoms. The van der Waals surface area contributed by atoms with Crippen molar-refractivity contribution < 1.29 is 18.8 Å². The van der Waals surface area contributed by atoms with Crippen molar-refractivity contribution in [2.24, 2.45) is 0 Å². The van der Waals surface area contributed by atoms with E-state index in [2.05, 4.69) is 20.8 Å². The minimum atomic E-state index is -0.239. The predicted octanol–water partition coefficient (Wildman–Crippen LogP) is 4.32. The van der Waals surface area contributed by atoms with Gasteiger partial charge in [0.1, 0.15) is 5.75 Å². The van der Waals surface area contributed by atoms with Gasteiger partial charge in [-0.3, -0.25) is 9.59 Å². The van der Waals surface area contributed by atoms with Crippen LogP contribution in [0, 0.1) is 0 Å². The summed E-state index contributed by atoms with van der Waals surface area (Å²) in [4.78, 5) is 28.0. The zero-order chi connectivity index (χ0) is 21.5. The average molecular weight is 429 g/mol. The number of nitrogens with one attached hydrogen (secondary N) is 2. The van der Waals surface area contributed by atoms with Crippen LogP contribution in [0.15, 0.2) is 47.0 Å². The lowest BCUT2D eigenvalue weighted by Gasteiger charge is -2.11. The summed E-state index contributed by atoms with van der Waals surface area (Å²) in [7, 11) is 1.60. The molecule has 8 nitrogen and oxygen atoms in total. The maximum absolute atomic E-state index is 12.3. The fourth-order valence-electron chi connectivity index (χ4n) is 2.75. The smallest absolute Gasteiger partial charge is 0.226 e. The molecule has 30 heavy (non-hydrogen) atoms. The van der Waals surface area contributed by atoms with Crippen LogP contribution in [-0.4, -0.2) is 29.1 Å². The number of halogens is 1. The zero-order valence-corrected chi connectivity index (χ0v) is 17.3. The molecule has 3 aromatic rings. The normalized spacial score (nSPS) is 10.5. The predicted molar refractivity (Wildman–Crippen MR) is 114 cm³/mol. The minimum Gasteiger partial charge on any atom is -0.497 e. The monoisotopic (exact) mass is 428 g/mol. The molecule has 0 unspecified atom stereocenters. The van der Waals surface area contributed by atoms with E-state index in [0.29, 0.717) is 41.0 Å². The van der Waals surface area contributed by atoms with Crippen molar-refractivity contribution in [2.45, 2.75) is 26.2 Å². The molecule has 0 aliphatic carbocycles. The average Bonchev–Trinajstić information content (AvgIpc) is 3.19. The van der Waals surface area contributed by atoms with Gasteiger partial charge in [-0.25, -0.2) is 0 Å². The summed E-state index contributed by atoms with van der Waals surface area (Å²) >= 11 is 5.99. The van der Waals surface area contributed by atoms with Crippen LogP contribution in [0.5, 0.6) is 5.75 Å². The number of ether oxygens (including phenoxy) is 1. The maximum Gasteiger partial charge on any atom is 0.226 e. The number of carbonyl (C=O) groups excluding carboxylic acids is 2. The number of anilines is 2. The summed E-state index contributed by atoms with van der Waals surface area (Å²) in [6.45, 7) is 1.39. The Morgan fingerprint density at radius 3 is 2.57 bits per heavy atom. The Morgan fingerprint density at radius 2 is 1.87 bits per heavy atom. The standard InChI is InChI=1S/C21H21ClN4O4/c1-13(27)23-17-11-8-15(22)12-18(17)24-19(28)4-3-5-20-25-21(26-30-20)14-6-9-16(29-2)10-7-14/h6-12H,3-5H2,1-2H3,(H,23,27)(H,24,28). The number of benzene rings is 2. The van der Waals surface area contributed by atoms with E-state index >= 15 is 0 Å². The van der Waals surface area contributed by atoms with Crippen LogP contribution in [0.3, 0.4) is 0 Å². The maximum atomic E-state index is 12.3. The molecular formula is C21H21ClN4O4. The number of rotatable bonds is 8. The number of carbonyl (C=O) groups is 2. The van der Waals surface area contributed by atoms with Crippen LogP contribution >= 0.6 is 11.6 Å². The Balaban J connectivity index is 1.53. The highest BCUT2D eigenvalue weighted by atomic mass is 35.5. The fraction of sp³-hybridized carbons (Fsp3) is 0.238. The van der Waals surface area contributed by atoms with E-state index < -0.39 is 0 Å². The molecular weight excluding hydrogens is 408 g/mol. The summed E-state index contributed by atoms with van der Waals surface area (Å²) in [6.07, 6.45) is 1.23. The number of methoxy groups -OCH3 is 1. The third-order valence-electron chi connectivity index (χ3n) is 4.18. The van der Waals surface area contributed by atoms with Gasteiger partial charge in [0.05, 0.1) is 18.5 Å². The van der Waals surface area contributed by atoms with E-state index in [0.717, 1.165) is 11.3 Å². The SMILES string of the molecule is COc1ccc(-c2noc(CCCC(=O)Nc3cc(Cl)ccc3NC(C)=O)n2)cc1. The summed E-state index contributed by atoms with van der Waals surface area (Å²) in [5.74, 6) is 1.23. The number of nitrogens with zero attached hydrogens (tertiary/aromatic N) is 2. The Labute approximate surface area is 178 Å². The van der Waals surface area contributed by atoms with Gasteiger partial charge in [-0.05, 0) is 48.9 Å². The highest BCUT2D eigenvalue weighted by Crippen LogP contribution is 2.26. The van der Waals surface area contributed by atoms with Crippen LogP contribution < -0.4 is 15.4 Å². The molecule has 2 amide bonds. The van der Waals surface area contributed by atoms with Crippen LogP contribution in [0.2, 0.25) is 5.02 Å². The lowest BCUT2D eigenvalue weighted by Crippen LogP contribution is -2.15. The molecule has 0 aliphatic rings. The Hall–Kier alpha value is -3.39. The lowest BCUT2D eigenvalue weighted by molar-refractivity contribution is -0.116. The van der Waals surface area contributed by atoms with Crippen molar-refractivity contribution in [2.75, 3.05) is 17.7 Å². The van der Waals surface area contributed by atoms with Crippen molar-refractivity contribution in [3.63, 3.8) is 0 Å². The van der Waals surface area contributed by atoms with E-state index in [-0.39, 0.29) is 18.2 Å². The second-order valence-electron chi connectivity index (χ2n) is 6.51. The molecule has 3 rings (SSSR count). The van der Waals surface area contributed by atoms with E-state index in [4.69, 9.17) is 20.9 Å². The quantitative estimate of drug-likeness (QED) is 0.553. The number of aromatic nitrogens is 2. The molecule has 0 saturated heterocycles. The van der Waals surface area contributed by atoms with Gasteiger partial charge in [-0.1, -0.05) is 16.8 Å². The summed E-state index contributed by atoms with van der Waals surface area (Å²) < 4.78 is 10.4. The van der Waals surface area contributed by atoms with Crippen LogP contribution in [0.1, 0.15) is 25.7 Å². The fourth-order valence-corrected chi connectivity index (χ4v) is 2.92. The van der Waals surface area contributed by atoms with Crippen LogP contribution in [-0.2, 0) is 16.0 Å². The molecule has 0 radical (unpaired) electrons. The first-order valence-corrected chi connectivity index (χ1v) is 9.66. The minimum absolute atomic E-state index is 0.209. The molecule has 1 heterocycles. The highest BCUT2D eigenvalue weighted by Gasteiger charge is 2.12. The van der Waals surface area contributed by atoms with Gasteiger partial charge in [0.15, 0.2) is 0 Å². The molecule has 0 aliphatic heterocycles. The van der Waals surface area contributed by atoms with Gasteiger partial charge in [0, 0.05) is 30.4 Å². The Kier molecular flexibility index (Phi) is 7.03.